The molecule has 1 atom stereocenters. The van der Waals surface area contributed by atoms with Gasteiger partial charge in [0.15, 0.2) is 0 Å². The second-order valence-electron chi connectivity index (χ2n) is 5.84. The molecule has 0 aromatic carbocycles. The minimum Gasteiger partial charge on any atom is -0.325 e. The molecule has 1 unspecified atom stereocenters. The van der Waals surface area contributed by atoms with Crippen molar-refractivity contribution in [3.8, 4) is 0 Å². The first kappa shape index (κ1) is 14.7. The summed E-state index contributed by atoms with van der Waals surface area (Å²) in [6.07, 6.45) is 7.12. The van der Waals surface area contributed by atoms with Crippen molar-refractivity contribution < 1.29 is 9.59 Å². The van der Waals surface area contributed by atoms with Crippen molar-refractivity contribution in [3.05, 3.63) is 35.6 Å². The predicted octanol–water partition coefficient (Wildman–Crippen LogP) is 2.37. The van der Waals surface area contributed by atoms with Crippen molar-refractivity contribution in [3.63, 3.8) is 0 Å². The van der Waals surface area contributed by atoms with Gasteiger partial charge >= 0.3 is 0 Å². The fourth-order valence-electron chi connectivity index (χ4n) is 2.32. The van der Waals surface area contributed by atoms with Crippen molar-refractivity contribution in [2.75, 3.05) is 5.88 Å². The third kappa shape index (κ3) is 3.07. The molecule has 0 bridgehead atoms. The van der Waals surface area contributed by atoms with Crippen LogP contribution in [0.2, 0.25) is 0 Å². The quantitative estimate of drug-likeness (QED) is 0.754. The van der Waals surface area contributed by atoms with Gasteiger partial charge in [0.2, 0.25) is 5.91 Å². The van der Waals surface area contributed by atoms with Crippen molar-refractivity contribution in [2.24, 2.45) is 16.3 Å². The number of amides is 2. The number of carbonyl (C=O) groups is 2. The summed E-state index contributed by atoms with van der Waals surface area (Å²) in [5.41, 5.74) is 2.21. The van der Waals surface area contributed by atoms with Crippen LogP contribution < -0.4 is 5.32 Å². The van der Waals surface area contributed by atoms with E-state index in [2.05, 4.69) is 31.1 Å². The largest absolute Gasteiger partial charge is 0.325 e. The zero-order chi connectivity index (χ0) is 14.9. The van der Waals surface area contributed by atoms with Crippen LogP contribution in [-0.4, -0.2) is 23.4 Å². The van der Waals surface area contributed by atoms with E-state index in [0.29, 0.717) is 5.71 Å². The smallest absolute Gasteiger partial charge is 0.261 e. The standard InChI is InChI=1S/C15H17ClN2O2/c1-15(2,3)11-7-13(19)18-12-6-9(4-5-10(11)12)17-14(20)8-16/h4-7,10H,8H2,1-3H3,(H,18,19). The fourth-order valence-corrected chi connectivity index (χ4v) is 2.38. The molecule has 1 aliphatic heterocycles. The molecule has 5 heteroatoms. The van der Waals surface area contributed by atoms with E-state index in [1.165, 1.54) is 0 Å². The van der Waals surface area contributed by atoms with Gasteiger partial charge in [0.1, 0.15) is 5.88 Å². The van der Waals surface area contributed by atoms with E-state index < -0.39 is 5.91 Å². The number of halogens is 1. The van der Waals surface area contributed by atoms with Crippen LogP contribution in [0.3, 0.4) is 0 Å². The summed E-state index contributed by atoms with van der Waals surface area (Å²) < 4.78 is 0. The number of nitrogens with one attached hydrogen (secondary N) is 1. The molecule has 0 aromatic heterocycles. The van der Waals surface area contributed by atoms with Crippen molar-refractivity contribution >= 4 is 29.1 Å². The van der Waals surface area contributed by atoms with Gasteiger partial charge in [-0.15, -0.1) is 11.6 Å². The molecule has 0 spiro atoms. The molecule has 2 amide bonds. The van der Waals surface area contributed by atoms with E-state index >= 15 is 0 Å². The minimum atomic E-state index is -0.393. The predicted molar refractivity (Wildman–Crippen MR) is 79.6 cm³/mol. The Labute approximate surface area is 123 Å². The number of rotatable bonds is 1. The highest BCUT2D eigenvalue weighted by Crippen LogP contribution is 2.38. The van der Waals surface area contributed by atoms with Crippen LogP contribution in [0.1, 0.15) is 20.8 Å². The summed E-state index contributed by atoms with van der Waals surface area (Å²) >= 11 is 5.43. The molecule has 0 saturated carbocycles. The number of fused-ring (bicyclic) bond motifs is 1. The lowest BCUT2D eigenvalue weighted by Crippen LogP contribution is -2.36. The molecule has 0 saturated heterocycles. The zero-order valence-electron chi connectivity index (χ0n) is 11.7. The first-order valence-corrected chi connectivity index (χ1v) is 6.95. The lowest BCUT2D eigenvalue weighted by atomic mass is 9.74. The molecular formula is C15H17ClN2O2. The van der Waals surface area contributed by atoms with Crippen LogP contribution in [0.25, 0.3) is 0 Å². The fraction of sp³-hybridized carbons (Fsp3) is 0.400. The Kier molecular flexibility index (Phi) is 3.95. The topological polar surface area (TPSA) is 58.5 Å². The number of hydrogen-bond donors (Lipinski definition) is 1. The molecular weight excluding hydrogens is 276 g/mol. The Bertz CT molecular complexity index is 577. The van der Waals surface area contributed by atoms with Crippen molar-refractivity contribution in [1.82, 2.24) is 5.32 Å². The Hall–Kier alpha value is -1.68. The first-order chi connectivity index (χ1) is 9.31. The normalized spacial score (nSPS) is 23.9. The maximum absolute atomic E-state index is 11.8. The Morgan fingerprint density at radius 3 is 2.70 bits per heavy atom. The highest BCUT2D eigenvalue weighted by molar-refractivity contribution is 6.28. The Morgan fingerprint density at radius 2 is 2.10 bits per heavy atom. The second kappa shape index (κ2) is 5.37. The maximum atomic E-state index is 11.8. The van der Waals surface area contributed by atoms with Gasteiger partial charge in [-0.1, -0.05) is 26.8 Å². The van der Waals surface area contributed by atoms with Gasteiger partial charge in [-0.3, -0.25) is 9.59 Å². The van der Waals surface area contributed by atoms with E-state index in [1.54, 1.807) is 18.2 Å². The van der Waals surface area contributed by atoms with Crippen LogP contribution in [0.4, 0.5) is 0 Å². The van der Waals surface area contributed by atoms with Crippen molar-refractivity contribution in [2.45, 2.75) is 20.8 Å². The number of allylic oxidation sites excluding steroid dienone is 3. The van der Waals surface area contributed by atoms with Crippen LogP contribution in [0.15, 0.2) is 40.6 Å². The molecule has 0 fully saturated rings. The summed E-state index contributed by atoms with van der Waals surface area (Å²) in [6.45, 7) is 6.22. The number of nitrogens with zero attached hydrogens (tertiary/aromatic N) is 1. The highest BCUT2D eigenvalue weighted by atomic mass is 35.5. The summed E-state index contributed by atoms with van der Waals surface area (Å²) in [6, 6.07) is 0. The third-order valence-corrected chi connectivity index (χ3v) is 3.45. The molecule has 106 valence electrons. The molecule has 20 heavy (non-hydrogen) atoms. The highest BCUT2D eigenvalue weighted by Gasteiger charge is 2.32. The molecule has 1 N–H and O–H groups in total. The average molecular weight is 293 g/mol. The SMILES string of the molecule is CC(C)(C)C1=CC(=O)NC2=CC(=NC(=O)CCl)C=CC21. The number of hydrogen-bond acceptors (Lipinski definition) is 2. The molecule has 1 heterocycles. The van der Waals surface area contributed by atoms with Gasteiger partial charge in [-0.2, -0.15) is 0 Å². The van der Waals surface area contributed by atoms with Crippen LogP contribution >= 0.6 is 11.6 Å². The van der Waals surface area contributed by atoms with Gasteiger partial charge in [-0.05, 0) is 23.1 Å². The van der Waals surface area contributed by atoms with Gasteiger partial charge in [0.25, 0.3) is 5.91 Å². The van der Waals surface area contributed by atoms with Gasteiger partial charge in [0, 0.05) is 17.7 Å². The second-order valence-corrected chi connectivity index (χ2v) is 6.11. The Morgan fingerprint density at radius 1 is 1.40 bits per heavy atom. The van der Waals surface area contributed by atoms with E-state index in [9.17, 15) is 9.59 Å². The summed E-state index contributed by atoms with van der Waals surface area (Å²) in [5, 5.41) is 2.81. The maximum Gasteiger partial charge on any atom is 0.261 e. The first-order valence-electron chi connectivity index (χ1n) is 6.41. The minimum absolute atomic E-state index is 0.0257. The third-order valence-electron chi connectivity index (χ3n) is 3.22. The monoisotopic (exact) mass is 292 g/mol. The lowest BCUT2D eigenvalue weighted by molar-refractivity contribution is -0.116. The van der Waals surface area contributed by atoms with Gasteiger partial charge in [0.05, 0.1) is 5.71 Å². The molecule has 2 rings (SSSR count). The van der Waals surface area contributed by atoms with Gasteiger partial charge < -0.3 is 5.32 Å². The lowest BCUT2D eigenvalue weighted by Gasteiger charge is -2.34. The number of carbonyl (C=O) groups excluding carboxylic acids is 2. The van der Waals surface area contributed by atoms with Gasteiger partial charge in [-0.25, -0.2) is 4.99 Å². The summed E-state index contributed by atoms with van der Waals surface area (Å²) in [7, 11) is 0. The van der Waals surface area contributed by atoms with Crippen LogP contribution in [0, 0.1) is 11.3 Å². The molecule has 1 aliphatic carbocycles. The molecule has 0 radical (unpaired) electrons. The molecule has 4 nitrogen and oxygen atoms in total. The van der Waals surface area contributed by atoms with E-state index in [1.807, 2.05) is 6.08 Å². The average Bonchev–Trinajstić information content (AvgIpc) is 2.36. The van der Waals surface area contributed by atoms with Crippen LogP contribution in [-0.2, 0) is 9.59 Å². The number of aliphatic imine (C=N–C) groups is 1. The summed E-state index contributed by atoms with van der Waals surface area (Å²) in [5.74, 6) is -0.660. The van der Waals surface area contributed by atoms with E-state index in [-0.39, 0.29) is 23.1 Å². The van der Waals surface area contributed by atoms with Crippen molar-refractivity contribution in [1.29, 1.82) is 0 Å². The Balaban J connectivity index is 2.37. The molecule has 2 aliphatic rings. The van der Waals surface area contributed by atoms with E-state index in [0.717, 1.165) is 11.3 Å². The number of alkyl halides is 1. The van der Waals surface area contributed by atoms with Crippen LogP contribution in [0.5, 0.6) is 0 Å². The zero-order valence-corrected chi connectivity index (χ0v) is 12.5. The molecule has 0 aromatic rings. The summed E-state index contributed by atoms with van der Waals surface area (Å²) in [4.78, 5) is 26.9. The van der Waals surface area contributed by atoms with E-state index in [4.69, 9.17) is 11.6 Å².